The molecule has 1 atom stereocenters. The highest BCUT2D eigenvalue weighted by Crippen LogP contribution is 2.40. The van der Waals surface area contributed by atoms with Gasteiger partial charge in [-0.25, -0.2) is 13.6 Å². The minimum atomic E-state index is -1.28. The quantitative estimate of drug-likeness (QED) is 0.708. The number of carbonyl (C=O) groups is 1. The second kappa shape index (κ2) is 6.37. The maximum atomic E-state index is 13.7. The Labute approximate surface area is 165 Å². The minimum absolute atomic E-state index is 0.165. The lowest BCUT2D eigenvalue weighted by atomic mass is 9.85. The van der Waals surface area contributed by atoms with E-state index >= 15 is 0 Å². The monoisotopic (exact) mass is 399 g/mol. The second-order valence-electron chi connectivity index (χ2n) is 8.26. The van der Waals surface area contributed by atoms with Gasteiger partial charge in [0.25, 0.3) is 0 Å². The van der Waals surface area contributed by atoms with E-state index in [9.17, 15) is 23.5 Å². The summed E-state index contributed by atoms with van der Waals surface area (Å²) in [6.07, 6.45) is 1.38. The third-order valence-corrected chi connectivity index (χ3v) is 5.25. The number of benzene rings is 1. The SMILES string of the molecule is CC(C)(C)[C@@H]1Cn2nc(-c3ccc(F)c(F)c3)cc2-c2cc(=O)c(C(=O)O)cn21. The average Bonchev–Trinajstić information content (AvgIpc) is 3.06. The van der Waals surface area contributed by atoms with Crippen LogP contribution in [0, 0.1) is 17.0 Å². The molecule has 6 nitrogen and oxygen atoms in total. The minimum Gasteiger partial charge on any atom is -0.477 e. The van der Waals surface area contributed by atoms with Gasteiger partial charge in [0.15, 0.2) is 17.1 Å². The average molecular weight is 399 g/mol. The number of halogens is 2. The van der Waals surface area contributed by atoms with Crippen molar-refractivity contribution in [2.75, 3.05) is 0 Å². The zero-order valence-electron chi connectivity index (χ0n) is 16.1. The van der Waals surface area contributed by atoms with E-state index in [4.69, 9.17) is 0 Å². The van der Waals surface area contributed by atoms with Crippen LogP contribution in [0.1, 0.15) is 37.2 Å². The molecule has 1 aliphatic heterocycles. The fraction of sp³-hybridized carbons (Fsp3) is 0.286. The molecule has 8 heteroatoms. The lowest BCUT2D eigenvalue weighted by Crippen LogP contribution is -2.35. The van der Waals surface area contributed by atoms with Crippen LogP contribution in [-0.2, 0) is 6.54 Å². The summed E-state index contributed by atoms with van der Waals surface area (Å²) < 4.78 is 30.5. The molecule has 2 aromatic heterocycles. The highest BCUT2D eigenvalue weighted by molar-refractivity contribution is 5.87. The predicted molar refractivity (Wildman–Crippen MR) is 103 cm³/mol. The standard InChI is InChI=1S/C21H19F2N3O3/c1-21(2,3)19-10-26-17(16-8-18(27)12(20(28)29)9-25(16)19)7-15(24-26)11-4-5-13(22)14(23)6-11/h4-9,19H,10H2,1-3H3,(H,28,29)/t19-/m0/s1. The molecule has 150 valence electrons. The van der Waals surface area contributed by atoms with E-state index < -0.39 is 23.0 Å². The van der Waals surface area contributed by atoms with E-state index in [0.29, 0.717) is 29.2 Å². The molecule has 0 saturated carbocycles. The van der Waals surface area contributed by atoms with E-state index in [1.807, 2.05) is 20.8 Å². The molecule has 1 aliphatic rings. The summed E-state index contributed by atoms with van der Waals surface area (Å²) >= 11 is 0. The second-order valence-corrected chi connectivity index (χ2v) is 8.26. The van der Waals surface area contributed by atoms with Crippen LogP contribution in [-0.4, -0.2) is 25.4 Å². The molecular weight excluding hydrogens is 380 g/mol. The molecule has 0 amide bonds. The topological polar surface area (TPSA) is 77.1 Å². The maximum absolute atomic E-state index is 13.7. The lowest BCUT2D eigenvalue weighted by Gasteiger charge is -2.38. The molecular formula is C21H19F2N3O3. The van der Waals surface area contributed by atoms with Crippen LogP contribution >= 0.6 is 0 Å². The number of carboxylic acids is 1. The van der Waals surface area contributed by atoms with Gasteiger partial charge in [-0.2, -0.15) is 5.10 Å². The molecule has 4 rings (SSSR count). The van der Waals surface area contributed by atoms with Crippen LogP contribution in [0.5, 0.6) is 0 Å². The van der Waals surface area contributed by atoms with E-state index in [2.05, 4.69) is 5.10 Å². The number of carboxylic acid groups (broad SMARTS) is 1. The Balaban J connectivity index is 1.93. The molecule has 0 spiro atoms. The molecule has 0 fully saturated rings. The molecule has 0 saturated heterocycles. The van der Waals surface area contributed by atoms with Crippen molar-refractivity contribution in [2.45, 2.75) is 33.4 Å². The van der Waals surface area contributed by atoms with Gasteiger partial charge in [-0.1, -0.05) is 20.8 Å². The first-order chi connectivity index (χ1) is 13.6. The highest BCUT2D eigenvalue weighted by atomic mass is 19.2. The van der Waals surface area contributed by atoms with Crippen molar-refractivity contribution < 1.29 is 18.7 Å². The van der Waals surface area contributed by atoms with E-state index in [1.165, 1.54) is 18.3 Å². The van der Waals surface area contributed by atoms with Crippen LogP contribution in [0.25, 0.3) is 22.6 Å². The number of nitrogens with zero attached hydrogens (tertiary/aromatic N) is 3. The lowest BCUT2D eigenvalue weighted by molar-refractivity contribution is 0.0693. The van der Waals surface area contributed by atoms with Crippen LogP contribution in [0.2, 0.25) is 0 Å². The zero-order valence-corrected chi connectivity index (χ0v) is 16.1. The van der Waals surface area contributed by atoms with Gasteiger partial charge in [0.2, 0.25) is 0 Å². The molecule has 1 N–H and O–H groups in total. The molecule has 0 bridgehead atoms. The molecule has 3 aromatic rings. The smallest absolute Gasteiger partial charge is 0.341 e. The number of hydrogen-bond donors (Lipinski definition) is 1. The van der Waals surface area contributed by atoms with Crippen molar-refractivity contribution in [1.82, 2.24) is 14.3 Å². The maximum Gasteiger partial charge on any atom is 0.341 e. The molecule has 0 radical (unpaired) electrons. The van der Waals surface area contributed by atoms with E-state index in [-0.39, 0.29) is 17.0 Å². The van der Waals surface area contributed by atoms with Gasteiger partial charge in [-0.3, -0.25) is 9.48 Å². The van der Waals surface area contributed by atoms with Gasteiger partial charge in [-0.05, 0) is 29.7 Å². The summed E-state index contributed by atoms with van der Waals surface area (Å²) in [5, 5.41) is 13.9. The van der Waals surface area contributed by atoms with Gasteiger partial charge in [0.1, 0.15) is 5.56 Å². The van der Waals surface area contributed by atoms with E-state index in [1.54, 1.807) is 15.3 Å². The van der Waals surface area contributed by atoms with Crippen molar-refractivity contribution in [3.05, 3.63) is 63.9 Å². The summed E-state index contributed by atoms with van der Waals surface area (Å²) in [5.41, 5.74) is 0.846. The van der Waals surface area contributed by atoms with Gasteiger partial charge in [0, 0.05) is 17.8 Å². The van der Waals surface area contributed by atoms with Crippen LogP contribution in [0.4, 0.5) is 8.78 Å². The Morgan fingerprint density at radius 1 is 1.14 bits per heavy atom. The first-order valence-corrected chi connectivity index (χ1v) is 9.09. The number of hydrogen-bond acceptors (Lipinski definition) is 3. The highest BCUT2D eigenvalue weighted by Gasteiger charge is 2.34. The number of rotatable bonds is 2. The number of aromatic carboxylic acids is 1. The third-order valence-electron chi connectivity index (χ3n) is 5.25. The van der Waals surface area contributed by atoms with E-state index in [0.717, 1.165) is 12.1 Å². The first kappa shape index (κ1) is 19.0. The Bertz CT molecular complexity index is 1200. The zero-order chi connectivity index (χ0) is 21.1. The fourth-order valence-electron chi connectivity index (χ4n) is 3.67. The summed E-state index contributed by atoms with van der Waals surface area (Å²) in [5.74, 6) is -3.19. The Kier molecular flexibility index (Phi) is 4.18. The van der Waals surface area contributed by atoms with Gasteiger partial charge >= 0.3 is 5.97 Å². The summed E-state index contributed by atoms with van der Waals surface area (Å²) in [6, 6.07) is 6.38. The number of fused-ring (bicyclic) bond motifs is 3. The first-order valence-electron chi connectivity index (χ1n) is 9.09. The van der Waals surface area contributed by atoms with Gasteiger partial charge < -0.3 is 9.67 Å². The summed E-state index contributed by atoms with van der Waals surface area (Å²) in [7, 11) is 0. The Morgan fingerprint density at radius 3 is 2.48 bits per heavy atom. The largest absolute Gasteiger partial charge is 0.477 e. The summed E-state index contributed by atoms with van der Waals surface area (Å²) in [6.45, 7) is 6.50. The van der Waals surface area contributed by atoms with Crippen LogP contribution in [0.3, 0.4) is 0 Å². The number of aromatic nitrogens is 3. The van der Waals surface area contributed by atoms with Crippen molar-refractivity contribution in [1.29, 1.82) is 0 Å². The van der Waals surface area contributed by atoms with Crippen molar-refractivity contribution >= 4 is 5.97 Å². The normalized spacial score (nSPS) is 15.7. The predicted octanol–water partition coefficient (Wildman–Crippen LogP) is 3.96. The summed E-state index contributed by atoms with van der Waals surface area (Å²) in [4.78, 5) is 23.8. The van der Waals surface area contributed by atoms with Crippen molar-refractivity contribution in [2.24, 2.45) is 5.41 Å². The molecule has 0 unspecified atom stereocenters. The Morgan fingerprint density at radius 2 is 1.86 bits per heavy atom. The molecule has 1 aromatic carbocycles. The van der Waals surface area contributed by atoms with Gasteiger partial charge in [0.05, 0.1) is 29.7 Å². The number of pyridine rings is 1. The van der Waals surface area contributed by atoms with Crippen LogP contribution in [0.15, 0.2) is 41.3 Å². The molecule has 29 heavy (non-hydrogen) atoms. The van der Waals surface area contributed by atoms with Crippen LogP contribution < -0.4 is 5.43 Å². The molecule has 3 heterocycles. The van der Waals surface area contributed by atoms with Gasteiger partial charge in [-0.15, -0.1) is 0 Å². The molecule has 0 aliphatic carbocycles. The fourth-order valence-corrected chi connectivity index (χ4v) is 3.67. The van der Waals surface area contributed by atoms with Crippen molar-refractivity contribution in [3.63, 3.8) is 0 Å². The third kappa shape index (κ3) is 3.14. The van der Waals surface area contributed by atoms with Crippen molar-refractivity contribution in [3.8, 4) is 22.6 Å². The Hall–Kier alpha value is -3.29.